The molecule has 0 radical (unpaired) electrons. The molecule has 30 heavy (non-hydrogen) atoms. The van der Waals surface area contributed by atoms with Gasteiger partial charge in [0, 0.05) is 23.3 Å². The number of nitro benzene ring substituents is 1. The second kappa shape index (κ2) is 11.1. The second-order valence-electron chi connectivity index (χ2n) is 6.22. The van der Waals surface area contributed by atoms with Gasteiger partial charge >= 0.3 is 0 Å². The number of nitrogens with one attached hydrogen (secondary N) is 3. The smallest absolute Gasteiger partial charge is 0.269 e. The highest BCUT2D eigenvalue weighted by Crippen LogP contribution is 2.13. The van der Waals surface area contributed by atoms with Crippen molar-refractivity contribution in [2.75, 3.05) is 13.2 Å². The van der Waals surface area contributed by atoms with Crippen LogP contribution in [-0.2, 0) is 4.79 Å². The maximum Gasteiger partial charge on any atom is 0.269 e. The van der Waals surface area contributed by atoms with Crippen molar-refractivity contribution in [1.82, 2.24) is 16.2 Å². The number of hydrogen-bond acceptors (Lipinski definition) is 6. The van der Waals surface area contributed by atoms with Crippen LogP contribution in [0.5, 0.6) is 5.75 Å². The molecule has 0 aliphatic carbocycles. The van der Waals surface area contributed by atoms with Crippen LogP contribution in [0.4, 0.5) is 5.69 Å². The Morgan fingerprint density at radius 2 is 1.53 bits per heavy atom. The SMILES string of the molecule is CCCCOc1ccc(C(=O)NCC(=O)NNC(=O)c2ccc([N+](=O)[O-])cc2)cc1. The molecule has 0 saturated heterocycles. The first-order valence-electron chi connectivity index (χ1n) is 9.25. The van der Waals surface area contributed by atoms with Crippen LogP contribution in [0.15, 0.2) is 48.5 Å². The summed E-state index contributed by atoms with van der Waals surface area (Å²) in [7, 11) is 0. The summed E-state index contributed by atoms with van der Waals surface area (Å²) in [5.41, 5.74) is 4.66. The molecule has 0 fully saturated rings. The highest BCUT2D eigenvalue weighted by atomic mass is 16.6. The van der Waals surface area contributed by atoms with Crippen LogP contribution in [0, 0.1) is 10.1 Å². The van der Waals surface area contributed by atoms with Crippen molar-refractivity contribution in [2.24, 2.45) is 0 Å². The van der Waals surface area contributed by atoms with Gasteiger partial charge in [-0.1, -0.05) is 13.3 Å². The zero-order chi connectivity index (χ0) is 21.9. The third-order valence-electron chi connectivity index (χ3n) is 3.95. The molecule has 0 heterocycles. The molecule has 3 amide bonds. The molecule has 0 aliphatic rings. The first-order valence-corrected chi connectivity index (χ1v) is 9.25. The van der Waals surface area contributed by atoms with Gasteiger partial charge in [-0.15, -0.1) is 0 Å². The maximum atomic E-state index is 12.1. The molecule has 0 spiro atoms. The highest BCUT2D eigenvalue weighted by Gasteiger charge is 2.12. The lowest BCUT2D eigenvalue weighted by Gasteiger charge is -2.09. The van der Waals surface area contributed by atoms with E-state index in [1.54, 1.807) is 24.3 Å². The number of hydrogen-bond donors (Lipinski definition) is 3. The Labute approximate surface area is 172 Å². The summed E-state index contributed by atoms with van der Waals surface area (Å²) in [4.78, 5) is 45.8. The van der Waals surface area contributed by atoms with Gasteiger partial charge in [-0.05, 0) is 42.8 Å². The van der Waals surface area contributed by atoms with Gasteiger partial charge in [-0.3, -0.25) is 35.3 Å². The van der Waals surface area contributed by atoms with Gasteiger partial charge in [-0.2, -0.15) is 0 Å². The zero-order valence-corrected chi connectivity index (χ0v) is 16.3. The van der Waals surface area contributed by atoms with Crippen LogP contribution in [0.2, 0.25) is 0 Å². The lowest BCUT2D eigenvalue weighted by atomic mass is 10.2. The van der Waals surface area contributed by atoms with Crippen molar-refractivity contribution in [2.45, 2.75) is 19.8 Å². The van der Waals surface area contributed by atoms with Crippen LogP contribution in [0.3, 0.4) is 0 Å². The molecule has 3 N–H and O–H groups in total. The molecule has 0 unspecified atom stereocenters. The summed E-state index contributed by atoms with van der Waals surface area (Å²) >= 11 is 0. The summed E-state index contributed by atoms with van der Waals surface area (Å²) in [6, 6.07) is 11.4. The van der Waals surface area contributed by atoms with Crippen LogP contribution in [0.1, 0.15) is 40.5 Å². The van der Waals surface area contributed by atoms with E-state index in [1.165, 1.54) is 24.3 Å². The van der Waals surface area contributed by atoms with Crippen molar-refractivity contribution in [3.8, 4) is 5.75 Å². The molecule has 2 aromatic carbocycles. The average Bonchev–Trinajstić information content (AvgIpc) is 2.76. The summed E-state index contributed by atoms with van der Waals surface area (Å²) in [5, 5.41) is 13.0. The molecule has 158 valence electrons. The van der Waals surface area contributed by atoms with Gasteiger partial charge in [0.1, 0.15) is 5.75 Å². The monoisotopic (exact) mass is 414 g/mol. The Morgan fingerprint density at radius 3 is 2.13 bits per heavy atom. The topological polar surface area (TPSA) is 140 Å². The molecular formula is C20H22N4O6. The highest BCUT2D eigenvalue weighted by molar-refractivity contribution is 5.98. The van der Waals surface area contributed by atoms with E-state index in [4.69, 9.17) is 4.74 Å². The van der Waals surface area contributed by atoms with Crippen molar-refractivity contribution in [3.05, 3.63) is 69.8 Å². The first-order chi connectivity index (χ1) is 14.4. The lowest BCUT2D eigenvalue weighted by molar-refractivity contribution is -0.384. The number of non-ortho nitro benzene ring substituents is 1. The number of carbonyl (C=O) groups is 3. The van der Waals surface area contributed by atoms with Gasteiger partial charge in [0.15, 0.2) is 0 Å². The number of nitro groups is 1. The zero-order valence-electron chi connectivity index (χ0n) is 16.3. The molecule has 2 rings (SSSR count). The van der Waals surface area contributed by atoms with Crippen molar-refractivity contribution < 1.29 is 24.0 Å². The average molecular weight is 414 g/mol. The summed E-state index contributed by atoms with van der Waals surface area (Å²) < 4.78 is 5.52. The number of ether oxygens (including phenoxy) is 1. The van der Waals surface area contributed by atoms with Crippen LogP contribution < -0.4 is 20.9 Å². The van der Waals surface area contributed by atoms with Crippen molar-refractivity contribution >= 4 is 23.4 Å². The molecule has 0 atom stereocenters. The van der Waals surface area contributed by atoms with Crippen molar-refractivity contribution in [3.63, 3.8) is 0 Å². The number of benzene rings is 2. The summed E-state index contributed by atoms with van der Waals surface area (Å²) in [6.07, 6.45) is 1.97. The maximum absolute atomic E-state index is 12.1. The Hall–Kier alpha value is -3.95. The number of nitrogens with zero attached hydrogens (tertiary/aromatic N) is 1. The van der Waals surface area contributed by atoms with Gasteiger partial charge in [0.25, 0.3) is 23.4 Å². The molecule has 10 heteroatoms. The summed E-state index contributed by atoms with van der Waals surface area (Å²) in [6.45, 7) is 2.32. The van der Waals surface area contributed by atoms with Gasteiger partial charge in [-0.25, -0.2) is 0 Å². The fourth-order valence-corrected chi connectivity index (χ4v) is 2.28. The third-order valence-corrected chi connectivity index (χ3v) is 3.95. The van der Waals surface area contributed by atoms with E-state index in [0.717, 1.165) is 12.8 Å². The quantitative estimate of drug-likeness (QED) is 0.326. The first kappa shape index (κ1) is 22.3. The predicted molar refractivity (Wildman–Crippen MR) is 108 cm³/mol. The standard InChI is InChI=1S/C20H22N4O6/c1-2-3-12-30-17-10-6-14(7-11-17)19(26)21-13-18(25)22-23-20(27)15-4-8-16(9-5-15)24(28)29/h4-11H,2-3,12-13H2,1H3,(H,21,26)(H,22,25)(H,23,27). The Bertz CT molecular complexity index is 897. The molecular weight excluding hydrogens is 392 g/mol. The van der Waals surface area contributed by atoms with Crippen LogP contribution >= 0.6 is 0 Å². The largest absolute Gasteiger partial charge is 0.494 e. The minimum absolute atomic E-state index is 0.131. The Morgan fingerprint density at radius 1 is 0.933 bits per heavy atom. The van der Waals surface area contributed by atoms with Crippen molar-refractivity contribution in [1.29, 1.82) is 0 Å². The number of amides is 3. The van der Waals surface area contributed by atoms with Gasteiger partial charge in [0.05, 0.1) is 18.1 Å². The normalized spacial score (nSPS) is 10.0. The number of hydrazine groups is 1. The van der Waals surface area contributed by atoms with E-state index in [1.807, 2.05) is 0 Å². The molecule has 0 bridgehead atoms. The van der Waals surface area contributed by atoms with E-state index >= 15 is 0 Å². The third kappa shape index (κ3) is 6.89. The predicted octanol–water partition coefficient (Wildman–Crippen LogP) is 1.96. The van der Waals surface area contributed by atoms with E-state index in [0.29, 0.717) is 17.9 Å². The van der Waals surface area contributed by atoms with E-state index in [2.05, 4.69) is 23.1 Å². The fraction of sp³-hybridized carbons (Fsp3) is 0.250. The minimum Gasteiger partial charge on any atom is -0.494 e. The lowest BCUT2D eigenvalue weighted by Crippen LogP contribution is -2.46. The molecule has 2 aromatic rings. The Kier molecular flexibility index (Phi) is 8.30. The second-order valence-corrected chi connectivity index (χ2v) is 6.22. The molecule has 0 saturated carbocycles. The van der Waals surface area contributed by atoms with Gasteiger partial charge in [0.2, 0.25) is 0 Å². The van der Waals surface area contributed by atoms with Crippen LogP contribution in [-0.4, -0.2) is 35.8 Å². The molecule has 0 aliphatic heterocycles. The number of rotatable bonds is 9. The fourth-order valence-electron chi connectivity index (χ4n) is 2.28. The Balaban J connectivity index is 1.75. The molecule has 10 nitrogen and oxygen atoms in total. The van der Waals surface area contributed by atoms with E-state index < -0.39 is 22.6 Å². The van der Waals surface area contributed by atoms with Gasteiger partial charge < -0.3 is 10.1 Å². The van der Waals surface area contributed by atoms with E-state index in [-0.39, 0.29) is 17.8 Å². The summed E-state index contributed by atoms with van der Waals surface area (Å²) in [5.74, 6) is -1.08. The molecule has 0 aromatic heterocycles. The minimum atomic E-state index is -0.650. The number of carbonyl (C=O) groups excluding carboxylic acids is 3. The van der Waals surface area contributed by atoms with Crippen LogP contribution in [0.25, 0.3) is 0 Å². The van der Waals surface area contributed by atoms with E-state index in [9.17, 15) is 24.5 Å². The number of unbranched alkanes of at least 4 members (excludes halogenated alkanes) is 1.